The third-order valence-electron chi connectivity index (χ3n) is 3.76. The van der Waals surface area contributed by atoms with Crippen LogP contribution in [0.2, 0.25) is 0 Å². The van der Waals surface area contributed by atoms with Gasteiger partial charge in [-0.15, -0.1) is 11.3 Å². The molecule has 1 aliphatic heterocycles. The molecule has 1 fully saturated rings. The van der Waals surface area contributed by atoms with Gasteiger partial charge in [0.05, 0.1) is 5.69 Å². The Morgan fingerprint density at radius 3 is 2.90 bits per heavy atom. The molecule has 0 radical (unpaired) electrons. The first-order valence-electron chi connectivity index (χ1n) is 6.93. The predicted octanol–water partition coefficient (Wildman–Crippen LogP) is 3.12. The molecule has 1 aromatic carbocycles. The van der Waals surface area contributed by atoms with E-state index in [1.54, 1.807) is 23.5 Å². The van der Waals surface area contributed by atoms with Crippen molar-refractivity contribution in [3.8, 4) is 11.3 Å². The molecule has 0 amide bonds. The molecule has 2 aromatic rings. The van der Waals surface area contributed by atoms with E-state index in [4.69, 9.17) is 5.73 Å². The van der Waals surface area contributed by atoms with Crippen LogP contribution in [0.15, 0.2) is 29.6 Å². The lowest BCUT2D eigenvalue weighted by molar-refractivity contribution is 0.546. The van der Waals surface area contributed by atoms with Crippen LogP contribution in [0.5, 0.6) is 0 Å². The number of rotatable bonds is 4. The topological polar surface area (TPSA) is 42.1 Å². The summed E-state index contributed by atoms with van der Waals surface area (Å²) in [5.74, 6) is 0.478. The Labute approximate surface area is 122 Å². The molecule has 1 aromatic heterocycles. The van der Waals surface area contributed by atoms with Crippen LogP contribution in [0.3, 0.4) is 0 Å². The number of hydrogen-bond acceptors (Lipinski definition) is 4. The maximum atomic E-state index is 12.9. The van der Waals surface area contributed by atoms with Gasteiger partial charge >= 0.3 is 0 Å². The van der Waals surface area contributed by atoms with Gasteiger partial charge < -0.3 is 10.6 Å². The van der Waals surface area contributed by atoms with Crippen LogP contribution in [-0.2, 0) is 0 Å². The summed E-state index contributed by atoms with van der Waals surface area (Å²) in [7, 11) is 0. The summed E-state index contributed by atoms with van der Waals surface area (Å²) in [6.07, 6.45) is 2.29. The molecule has 1 aliphatic rings. The fourth-order valence-electron chi connectivity index (χ4n) is 2.64. The Morgan fingerprint density at radius 2 is 2.15 bits per heavy atom. The van der Waals surface area contributed by atoms with Gasteiger partial charge in [0.15, 0.2) is 5.13 Å². The zero-order valence-corrected chi connectivity index (χ0v) is 12.1. The Bertz CT molecular complexity index is 567. The summed E-state index contributed by atoms with van der Waals surface area (Å²) in [6.45, 7) is 2.87. The van der Waals surface area contributed by atoms with E-state index in [-0.39, 0.29) is 5.82 Å². The molecule has 0 bridgehead atoms. The van der Waals surface area contributed by atoms with E-state index in [2.05, 4.69) is 9.88 Å². The number of nitrogens with two attached hydrogens (primary N) is 1. The van der Waals surface area contributed by atoms with E-state index in [1.165, 1.54) is 18.6 Å². The van der Waals surface area contributed by atoms with Gasteiger partial charge in [0.25, 0.3) is 0 Å². The standard InChI is InChI=1S/C15H18FN3S/c16-13-3-1-12(2-4-13)14-10-20-15(18-14)19-8-6-11(9-19)5-7-17/h1-4,10-11H,5-9,17H2. The smallest absolute Gasteiger partial charge is 0.185 e. The summed E-state index contributed by atoms with van der Waals surface area (Å²) in [5.41, 5.74) is 7.51. The van der Waals surface area contributed by atoms with E-state index < -0.39 is 0 Å². The van der Waals surface area contributed by atoms with E-state index in [1.807, 2.05) is 5.38 Å². The summed E-state index contributed by atoms with van der Waals surface area (Å²) >= 11 is 1.66. The lowest BCUT2D eigenvalue weighted by Gasteiger charge is -2.14. The first-order chi connectivity index (χ1) is 9.76. The molecule has 1 atom stereocenters. The van der Waals surface area contributed by atoms with Crippen molar-refractivity contribution >= 4 is 16.5 Å². The second-order valence-corrected chi connectivity index (χ2v) is 6.04. The van der Waals surface area contributed by atoms with Crippen molar-refractivity contribution in [3.63, 3.8) is 0 Å². The van der Waals surface area contributed by atoms with Crippen molar-refractivity contribution in [1.82, 2.24) is 4.98 Å². The number of aromatic nitrogens is 1. The van der Waals surface area contributed by atoms with Crippen molar-refractivity contribution in [2.24, 2.45) is 11.7 Å². The van der Waals surface area contributed by atoms with Gasteiger partial charge in [0.1, 0.15) is 5.82 Å². The molecule has 0 spiro atoms. The molecule has 3 rings (SSSR count). The maximum absolute atomic E-state index is 12.9. The molecule has 2 N–H and O–H groups in total. The third-order valence-corrected chi connectivity index (χ3v) is 4.66. The minimum atomic E-state index is -0.214. The summed E-state index contributed by atoms with van der Waals surface area (Å²) < 4.78 is 12.9. The molecular formula is C15H18FN3S. The van der Waals surface area contributed by atoms with Gasteiger partial charge in [-0.1, -0.05) is 0 Å². The minimum absolute atomic E-state index is 0.214. The molecule has 0 aliphatic carbocycles. The average molecular weight is 291 g/mol. The average Bonchev–Trinajstić information content (AvgIpc) is 3.08. The Balaban J connectivity index is 1.72. The van der Waals surface area contributed by atoms with Crippen molar-refractivity contribution in [2.45, 2.75) is 12.8 Å². The van der Waals surface area contributed by atoms with Gasteiger partial charge in [-0.2, -0.15) is 0 Å². The SMILES string of the molecule is NCCC1CCN(c2nc(-c3ccc(F)cc3)cs2)C1. The number of nitrogens with zero attached hydrogens (tertiary/aromatic N) is 2. The first-order valence-corrected chi connectivity index (χ1v) is 7.80. The van der Waals surface area contributed by atoms with Gasteiger partial charge in [-0.25, -0.2) is 9.37 Å². The molecule has 20 heavy (non-hydrogen) atoms. The van der Waals surface area contributed by atoms with Crippen LogP contribution in [0.1, 0.15) is 12.8 Å². The largest absolute Gasteiger partial charge is 0.348 e. The van der Waals surface area contributed by atoms with E-state index >= 15 is 0 Å². The predicted molar refractivity (Wildman–Crippen MR) is 81.5 cm³/mol. The highest BCUT2D eigenvalue weighted by Gasteiger charge is 2.24. The monoisotopic (exact) mass is 291 g/mol. The van der Waals surface area contributed by atoms with Crippen molar-refractivity contribution in [1.29, 1.82) is 0 Å². The Morgan fingerprint density at radius 1 is 1.35 bits per heavy atom. The van der Waals surface area contributed by atoms with Crippen LogP contribution in [-0.4, -0.2) is 24.6 Å². The number of thiazole rings is 1. The van der Waals surface area contributed by atoms with Crippen molar-refractivity contribution in [3.05, 3.63) is 35.5 Å². The van der Waals surface area contributed by atoms with E-state index in [0.29, 0.717) is 5.92 Å². The second-order valence-electron chi connectivity index (χ2n) is 5.20. The summed E-state index contributed by atoms with van der Waals surface area (Å²) in [4.78, 5) is 7.01. The van der Waals surface area contributed by atoms with Crippen LogP contribution in [0.25, 0.3) is 11.3 Å². The number of benzene rings is 1. The molecule has 2 heterocycles. The number of hydrogen-bond donors (Lipinski definition) is 1. The normalized spacial score (nSPS) is 18.7. The minimum Gasteiger partial charge on any atom is -0.348 e. The third kappa shape index (κ3) is 2.83. The Hall–Kier alpha value is -1.46. The van der Waals surface area contributed by atoms with E-state index in [0.717, 1.165) is 42.4 Å². The number of anilines is 1. The lowest BCUT2D eigenvalue weighted by Crippen LogP contribution is -2.20. The van der Waals surface area contributed by atoms with Crippen LogP contribution in [0, 0.1) is 11.7 Å². The molecule has 1 saturated heterocycles. The highest BCUT2D eigenvalue weighted by molar-refractivity contribution is 7.14. The second kappa shape index (κ2) is 5.89. The zero-order chi connectivity index (χ0) is 13.9. The quantitative estimate of drug-likeness (QED) is 0.941. The molecule has 0 saturated carbocycles. The van der Waals surface area contributed by atoms with Crippen LogP contribution in [0.4, 0.5) is 9.52 Å². The van der Waals surface area contributed by atoms with Crippen LogP contribution >= 0.6 is 11.3 Å². The molecule has 5 heteroatoms. The Kier molecular flexibility index (Phi) is 3.98. The first kappa shape index (κ1) is 13.5. The fraction of sp³-hybridized carbons (Fsp3) is 0.400. The molecular weight excluding hydrogens is 273 g/mol. The highest BCUT2D eigenvalue weighted by atomic mass is 32.1. The highest BCUT2D eigenvalue weighted by Crippen LogP contribution is 2.31. The number of halogens is 1. The lowest BCUT2D eigenvalue weighted by atomic mass is 10.1. The van der Waals surface area contributed by atoms with Crippen LogP contribution < -0.4 is 10.6 Å². The van der Waals surface area contributed by atoms with Crippen molar-refractivity contribution in [2.75, 3.05) is 24.5 Å². The van der Waals surface area contributed by atoms with E-state index in [9.17, 15) is 4.39 Å². The molecule has 106 valence electrons. The van der Waals surface area contributed by atoms with Crippen molar-refractivity contribution < 1.29 is 4.39 Å². The maximum Gasteiger partial charge on any atom is 0.185 e. The van der Waals surface area contributed by atoms with Gasteiger partial charge in [-0.3, -0.25) is 0 Å². The van der Waals surface area contributed by atoms with Gasteiger partial charge in [0, 0.05) is 24.0 Å². The summed E-state index contributed by atoms with van der Waals surface area (Å²) in [5, 5.41) is 3.10. The fourth-order valence-corrected chi connectivity index (χ4v) is 3.51. The van der Waals surface area contributed by atoms with Gasteiger partial charge in [0.2, 0.25) is 0 Å². The molecule has 3 nitrogen and oxygen atoms in total. The molecule has 1 unspecified atom stereocenters. The zero-order valence-electron chi connectivity index (χ0n) is 11.3. The van der Waals surface area contributed by atoms with Gasteiger partial charge in [-0.05, 0) is 49.6 Å². The summed E-state index contributed by atoms with van der Waals surface area (Å²) in [6, 6.07) is 6.49.